The summed E-state index contributed by atoms with van der Waals surface area (Å²) in [5.41, 5.74) is 2.48. The largest absolute Gasteiger partial charge is 0.465 e. The van der Waals surface area contributed by atoms with Crippen molar-refractivity contribution >= 4 is 23.6 Å². The normalized spacial score (nSPS) is 10.5. The average Bonchev–Trinajstić information content (AvgIpc) is 2.67. The Balaban J connectivity index is 1.82. The zero-order chi connectivity index (χ0) is 18.6. The van der Waals surface area contributed by atoms with Crippen molar-refractivity contribution < 1.29 is 14.3 Å². The van der Waals surface area contributed by atoms with Crippen molar-refractivity contribution in [3.63, 3.8) is 0 Å². The molecule has 138 valence electrons. The first-order valence-corrected chi connectivity index (χ1v) is 9.96. The van der Waals surface area contributed by atoms with Gasteiger partial charge in [-0.05, 0) is 24.5 Å². The summed E-state index contributed by atoms with van der Waals surface area (Å²) in [7, 11) is 0. The molecule has 26 heavy (non-hydrogen) atoms. The standard InChI is InChI=1S/C21H25NO3S/c1-2-25-21(24)16-26-15-20(23)22-14-13-19(17-9-5-3-6-10-17)18-11-7-4-8-12-18/h3-12,19H,2,13-16H2,1H3,(H,22,23). The summed E-state index contributed by atoms with van der Waals surface area (Å²) in [6.45, 7) is 2.73. The van der Waals surface area contributed by atoms with E-state index in [1.165, 1.54) is 22.9 Å². The van der Waals surface area contributed by atoms with Gasteiger partial charge in [-0.2, -0.15) is 0 Å². The maximum atomic E-state index is 12.0. The van der Waals surface area contributed by atoms with Crippen LogP contribution in [-0.4, -0.2) is 36.5 Å². The van der Waals surface area contributed by atoms with E-state index in [0.717, 1.165) is 6.42 Å². The van der Waals surface area contributed by atoms with Crippen LogP contribution in [0.4, 0.5) is 0 Å². The number of rotatable bonds is 10. The molecule has 0 bridgehead atoms. The van der Waals surface area contributed by atoms with Crippen LogP contribution in [0.1, 0.15) is 30.4 Å². The molecule has 0 unspecified atom stereocenters. The van der Waals surface area contributed by atoms with E-state index in [-0.39, 0.29) is 29.3 Å². The highest BCUT2D eigenvalue weighted by Gasteiger charge is 2.14. The van der Waals surface area contributed by atoms with Crippen molar-refractivity contribution in [2.75, 3.05) is 24.7 Å². The van der Waals surface area contributed by atoms with Crippen molar-refractivity contribution in [2.24, 2.45) is 0 Å². The summed E-state index contributed by atoms with van der Waals surface area (Å²) in [5, 5.41) is 2.95. The Hall–Kier alpha value is -2.27. The molecule has 0 atom stereocenters. The monoisotopic (exact) mass is 371 g/mol. The number of benzene rings is 2. The van der Waals surface area contributed by atoms with Gasteiger partial charge in [0.1, 0.15) is 0 Å². The maximum absolute atomic E-state index is 12.0. The predicted octanol–water partition coefficient (Wildman–Crippen LogP) is 3.62. The van der Waals surface area contributed by atoms with Gasteiger partial charge < -0.3 is 10.1 Å². The van der Waals surface area contributed by atoms with E-state index in [1.807, 2.05) is 36.4 Å². The minimum atomic E-state index is -0.279. The molecule has 2 rings (SSSR count). The molecule has 0 saturated heterocycles. The summed E-state index contributed by atoms with van der Waals surface area (Å²) in [6, 6.07) is 20.6. The van der Waals surface area contributed by atoms with Crippen molar-refractivity contribution in [1.82, 2.24) is 5.32 Å². The highest BCUT2D eigenvalue weighted by molar-refractivity contribution is 8.00. The van der Waals surface area contributed by atoms with E-state index in [2.05, 4.69) is 29.6 Å². The third-order valence-electron chi connectivity index (χ3n) is 3.92. The van der Waals surface area contributed by atoms with E-state index in [1.54, 1.807) is 6.92 Å². The van der Waals surface area contributed by atoms with Crippen molar-refractivity contribution in [3.05, 3.63) is 71.8 Å². The summed E-state index contributed by atoms with van der Waals surface area (Å²) in [5.74, 6) is 0.375. The van der Waals surface area contributed by atoms with Gasteiger partial charge in [-0.3, -0.25) is 9.59 Å². The van der Waals surface area contributed by atoms with Crippen LogP contribution in [0.25, 0.3) is 0 Å². The second-order valence-electron chi connectivity index (χ2n) is 5.81. The Kier molecular flexibility index (Phi) is 8.76. The SMILES string of the molecule is CCOC(=O)CSCC(=O)NCCC(c1ccccc1)c1ccccc1. The van der Waals surface area contributed by atoms with E-state index in [9.17, 15) is 9.59 Å². The fourth-order valence-corrected chi connectivity index (χ4v) is 3.37. The summed E-state index contributed by atoms with van der Waals surface area (Å²) >= 11 is 1.27. The molecule has 5 heteroatoms. The van der Waals surface area contributed by atoms with Gasteiger partial charge >= 0.3 is 5.97 Å². The van der Waals surface area contributed by atoms with Crippen LogP contribution < -0.4 is 5.32 Å². The lowest BCUT2D eigenvalue weighted by Crippen LogP contribution is -2.28. The lowest BCUT2D eigenvalue weighted by molar-refractivity contribution is -0.139. The molecule has 0 aliphatic carbocycles. The smallest absolute Gasteiger partial charge is 0.315 e. The van der Waals surface area contributed by atoms with Crippen LogP contribution in [0.3, 0.4) is 0 Å². The fourth-order valence-electron chi connectivity index (χ4n) is 2.73. The summed E-state index contributed by atoms with van der Waals surface area (Å²) in [6.07, 6.45) is 0.822. The van der Waals surface area contributed by atoms with Gasteiger partial charge in [0.15, 0.2) is 0 Å². The highest BCUT2D eigenvalue weighted by Crippen LogP contribution is 2.27. The van der Waals surface area contributed by atoms with Crippen molar-refractivity contribution in [2.45, 2.75) is 19.3 Å². The van der Waals surface area contributed by atoms with Crippen molar-refractivity contribution in [3.8, 4) is 0 Å². The molecule has 0 aliphatic rings. The minimum absolute atomic E-state index is 0.0563. The zero-order valence-electron chi connectivity index (χ0n) is 15.0. The van der Waals surface area contributed by atoms with Crippen LogP contribution in [0, 0.1) is 0 Å². The average molecular weight is 372 g/mol. The summed E-state index contributed by atoms with van der Waals surface area (Å²) in [4.78, 5) is 23.2. The van der Waals surface area contributed by atoms with Crippen LogP contribution >= 0.6 is 11.8 Å². The number of ether oxygens (including phenoxy) is 1. The van der Waals surface area contributed by atoms with Gasteiger partial charge in [0.25, 0.3) is 0 Å². The third kappa shape index (κ3) is 6.92. The topological polar surface area (TPSA) is 55.4 Å². The lowest BCUT2D eigenvalue weighted by atomic mass is 9.88. The first-order chi connectivity index (χ1) is 12.7. The van der Waals surface area contributed by atoms with Crippen LogP contribution in [0.5, 0.6) is 0 Å². The third-order valence-corrected chi connectivity index (χ3v) is 4.82. The molecule has 4 nitrogen and oxygen atoms in total. The Bertz CT molecular complexity index is 637. The molecule has 0 spiro atoms. The Morgan fingerprint density at radius 1 is 0.962 bits per heavy atom. The summed E-state index contributed by atoms with van der Waals surface area (Å²) < 4.78 is 4.84. The molecular weight excluding hydrogens is 346 g/mol. The van der Waals surface area contributed by atoms with Crippen LogP contribution in [0.15, 0.2) is 60.7 Å². The maximum Gasteiger partial charge on any atom is 0.315 e. The zero-order valence-corrected chi connectivity index (χ0v) is 15.8. The number of esters is 1. The number of amides is 1. The van der Waals surface area contributed by atoms with Crippen LogP contribution in [-0.2, 0) is 14.3 Å². The van der Waals surface area contributed by atoms with Gasteiger partial charge in [-0.25, -0.2) is 0 Å². The quantitative estimate of drug-likeness (QED) is 0.648. The Labute approximate surface area is 159 Å². The number of carbonyl (C=O) groups is 2. The fraction of sp³-hybridized carbons (Fsp3) is 0.333. The second-order valence-corrected chi connectivity index (χ2v) is 6.80. The van der Waals surface area contributed by atoms with Gasteiger partial charge in [0.2, 0.25) is 5.91 Å². The van der Waals surface area contributed by atoms with Crippen molar-refractivity contribution in [1.29, 1.82) is 0 Å². The van der Waals surface area contributed by atoms with Gasteiger partial charge in [0, 0.05) is 12.5 Å². The van der Waals surface area contributed by atoms with Gasteiger partial charge in [-0.1, -0.05) is 60.7 Å². The second kappa shape index (κ2) is 11.4. The number of hydrogen-bond donors (Lipinski definition) is 1. The molecule has 0 radical (unpaired) electrons. The molecule has 2 aromatic carbocycles. The molecule has 2 aromatic rings. The number of thioether (sulfide) groups is 1. The molecule has 1 amide bonds. The molecule has 1 N–H and O–H groups in total. The molecule has 0 fully saturated rings. The minimum Gasteiger partial charge on any atom is -0.465 e. The highest BCUT2D eigenvalue weighted by atomic mass is 32.2. The predicted molar refractivity (Wildman–Crippen MR) is 106 cm³/mol. The van der Waals surface area contributed by atoms with Gasteiger partial charge in [0.05, 0.1) is 18.1 Å². The van der Waals surface area contributed by atoms with Gasteiger partial charge in [-0.15, -0.1) is 11.8 Å². The van der Waals surface area contributed by atoms with E-state index < -0.39 is 0 Å². The molecule has 0 heterocycles. The molecule has 0 aliphatic heterocycles. The lowest BCUT2D eigenvalue weighted by Gasteiger charge is -2.18. The molecule has 0 saturated carbocycles. The number of hydrogen-bond acceptors (Lipinski definition) is 4. The molecule has 0 aromatic heterocycles. The van der Waals surface area contributed by atoms with E-state index in [0.29, 0.717) is 13.2 Å². The molecular formula is C21H25NO3S. The first kappa shape index (κ1) is 20.0. The Morgan fingerprint density at radius 2 is 1.54 bits per heavy atom. The van der Waals surface area contributed by atoms with E-state index >= 15 is 0 Å². The van der Waals surface area contributed by atoms with Crippen LogP contribution in [0.2, 0.25) is 0 Å². The van der Waals surface area contributed by atoms with E-state index in [4.69, 9.17) is 4.74 Å². The first-order valence-electron chi connectivity index (χ1n) is 8.80. The number of nitrogens with one attached hydrogen (secondary N) is 1. The number of carbonyl (C=O) groups excluding carboxylic acids is 2. The Morgan fingerprint density at radius 3 is 2.08 bits per heavy atom.